The van der Waals surface area contributed by atoms with Gasteiger partial charge in [0, 0.05) is 31.0 Å². The summed E-state index contributed by atoms with van der Waals surface area (Å²) in [7, 11) is 0. The second-order valence-corrected chi connectivity index (χ2v) is 11.2. The number of aliphatic imine (C=N–C) groups is 1. The molecule has 0 bridgehead atoms. The number of carbonyl (C=O) groups excluding carboxylic acids is 1. The van der Waals surface area contributed by atoms with Gasteiger partial charge in [-0.1, -0.05) is 18.5 Å². The van der Waals surface area contributed by atoms with Crippen LogP contribution < -0.4 is 5.73 Å². The van der Waals surface area contributed by atoms with E-state index in [1.807, 2.05) is 13.0 Å². The Kier molecular flexibility index (Phi) is 5.75. The molecule has 1 aliphatic carbocycles. The number of hydrazone groups is 1. The number of halogens is 3. The van der Waals surface area contributed by atoms with E-state index in [0.29, 0.717) is 17.6 Å². The van der Waals surface area contributed by atoms with Crippen LogP contribution in [-0.4, -0.2) is 76.7 Å². The van der Waals surface area contributed by atoms with Crippen LogP contribution in [-0.2, 0) is 4.79 Å². The molecule has 5 heterocycles. The molecule has 35 heavy (non-hydrogen) atoms. The second-order valence-electron chi connectivity index (χ2n) is 10.8. The molecule has 2 fully saturated rings. The molecule has 2 N–H and O–H groups in total. The van der Waals surface area contributed by atoms with Crippen LogP contribution in [0, 0.1) is 23.7 Å². The molecule has 4 unspecified atom stereocenters. The first-order valence-electron chi connectivity index (χ1n) is 12.6. The van der Waals surface area contributed by atoms with Crippen LogP contribution in [0.1, 0.15) is 32.6 Å². The van der Waals surface area contributed by atoms with Crippen LogP contribution >= 0.6 is 11.6 Å². The molecule has 6 atom stereocenters. The highest BCUT2D eigenvalue weighted by atomic mass is 35.5. The Labute approximate surface area is 209 Å². The fourth-order valence-electron chi connectivity index (χ4n) is 6.05. The summed E-state index contributed by atoms with van der Waals surface area (Å²) in [6.45, 7) is 3.42. The lowest BCUT2D eigenvalue weighted by Crippen LogP contribution is -2.53. The zero-order chi connectivity index (χ0) is 24.4. The molecule has 6 aliphatic rings. The van der Waals surface area contributed by atoms with Gasteiger partial charge in [-0.3, -0.25) is 9.80 Å². The van der Waals surface area contributed by atoms with E-state index in [1.165, 1.54) is 23.8 Å². The van der Waals surface area contributed by atoms with Crippen LogP contribution in [0.4, 0.5) is 8.78 Å². The third kappa shape index (κ3) is 4.20. The van der Waals surface area contributed by atoms with E-state index >= 15 is 4.39 Å². The third-order valence-electron chi connectivity index (χ3n) is 7.97. The molecule has 1 amide bonds. The molecule has 7 nitrogen and oxygen atoms in total. The Morgan fingerprint density at radius 2 is 2.06 bits per heavy atom. The van der Waals surface area contributed by atoms with E-state index in [2.05, 4.69) is 16.0 Å². The lowest BCUT2D eigenvalue weighted by Gasteiger charge is -2.37. The number of alkyl halides is 1. The summed E-state index contributed by atoms with van der Waals surface area (Å²) in [5.74, 6) is 0.177. The molecule has 0 aromatic carbocycles. The Hall–Kier alpha value is -2.26. The van der Waals surface area contributed by atoms with E-state index in [9.17, 15) is 9.18 Å². The number of amidine groups is 1. The van der Waals surface area contributed by atoms with Crippen molar-refractivity contribution in [2.75, 3.05) is 26.2 Å². The van der Waals surface area contributed by atoms with Crippen molar-refractivity contribution < 1.29 is 13.6 Å². The van der Waals surface area contributed by atoms with Gasteiger partial charge in [-0.25, -0.2) is 13.8 Å². The normalized spacial score (nSPS) is 36.7. The number of allylic oxidation sites excluding steroid dienone is 2. The molecule has 188 valence electrons. The molecule has 10 heteroatoms. The molecular formula is C25H31ClF2N6O. The molecule has 5 aliphatic heterocycles. The fourth-order valence-corrected chi connectivity index (χ4v) is 6.23. The maximum absolute atomic E-state index is 15.4. The first-order valence-corrected chi connectivity index (χ1v) is 13.0. The van der Waals surface area contributed by atoms with E-state index < -0.39 is 24.2 Å². The Balaban J connectivity index is 1.25. The lowest BCUT2D eigenvalue weighted by atomic mass is 9.89. The third-order valence-corrected chi connectivity index (χ3v) is 8.21. The van der Waals surface area contributed by atoms with Gasteiger partial charge >= 0.3 is 0 Å². The average molecular weight is 505 g/mol. The van der Waals surface area contributed by atoms with Crippen LogP contribution in [0.3, 0.4) is 0 Å². The number of likely N-dealkylation sites (tertiary alicyclic amines) is 1. The van der Waals surface area contributed by atoms with E-state index in [1.54, 1.807) is 5.01 Å². The van der Waals surface area contributed by atoms with Crippen molar-refractivity contribution in [3.05, 3.63) is 34.9 Å². The smallest absolute Gasteiger partial charge is 0.231 e. The van der Waals surface area contributed by atoms with Gasteiger partial charge in [0.25, 0.3) is 0 Å². The highest BCUT2D eigenvalue weighted by molar-refractivity contribution is 6.30. The number of nitrogens with zero attached hydrogens (tertiary/aromatic N) is 5. The summed E-state index contributed by atoms with van der Waals surface area (Å²) in [6.07, 6.45) is 7.81. The number of rotatable bonds is 4. The zero-order valence-corrected chi connectivity index (χ0v) is 20.5. The molecule has 0 spiro atoms. The zero-order valence-electron chi connectivity index (χ0n) is 19.8. The lowest BCUT2D eigenvalue weighted by molar-refractivity contribution is -0.137. The van der Waals surface area contributed by atoms with Crippen LogP contribution in [0.5, 0.6) is 0 Å². The number of nitrogens with two attached hydrogens (primary N) is 1. The quantitative estimate of drug-likeness (QED) is 0.597. The summed E-state index contributed by atoms with van der Waals surface area (Å²) >= 11 is 6.24. The van der Waals surface area contributed by atoms with Gasteiger partial charge < -0.3 is 15.5 Å². The van der Waals surface area contributed by atoms with E-state index in [-0.39, 0.29) is 43.1 Å². The fraction of sp³-hybridized carbons (Fsp3) is 0.640. The summed E-state index contributed by atoms with van der Waals surface area (Å²) < 4.78 is 29.5. The Bertz CT molecular complexity index is 1070. The van der Waals surface area contributed by atoms with E-state index in [0.717, 1.165) is 30.2 Å². The summed E-state index contributed by atoms with van der Waals surface area (Å²) in [6, 6.07) is -0.938. The minimum atomic E-state index is -1.15. The number of piperidine rings is 1. The Morgan fingerprint density at radius 3 is 2.80 bits per heavy atom. The predicted molar refractivity (Wildman–Crippen MR) is 131 cm³/mol. The van der Waals surface area contributed by atoms with Crippen LogP contribution in [0.2, 0.25) is 0 Å². The van der Waals surface area contributed by atoms with Gasteiger partial charge in [0.15, 0.2) is 0 Å². The van der Waals surface area contributed by atoms with Crippen LogP contribution in [0.15, 0.2) is 45.0 Å². The molecule has 0 aromatic heterocycles. The Morgan fingerprint density at radius 1 is 1.26 bits per heavy atom. The van der Waals surface area contributed by atoms with Gasteiger partial charge in [0.05, 0.1) is 30.4 Å². The largest absolute Gasteiger partial charge is 0.338 e. The van der Waals surface area contributed by atoms with Crippen molar-refractivity contribution in [3.63, 3.8) is 0 Å². The summed E-state index contributed by atoms with van der Waals surface area (Å²) in [4.78, 5) is 21.4. The standard InChI is InChI=1S/C25H31ClF2N6O/c1-13-22(20-7-15-4-5-21(26)30-24(15)33(20)9-14-2-3-14)31-34-10-16(6-19(28)23(13)34)25(35)32-11-17(27)8-18(29)12-32/h5-7,13-18,23H,2-4,8-12,29H2,1H3/t13?,15?,16?,17-,18-,23?/m1/s1. The minimum Gasteiger partial charge on any atom is -0.338 e. The monoisotopic (exact) mass is 504 g/mol. The van der Waals surface area contributed by atoms with Gasteiger partial charge in [-0.15, -0.1) is 0 Å². The number of hydrogen-bond acceptors (Lipinski definition) is 6. The molecule has 1 saturated heterocycles. The van der Waals surface area contributed by atoms with Crippen molar-refractivity contribution in [2.45, 2.75) is 50.9 Å². The number of carbonyl (C=O) groups is 1. The van der Waals surface area contributed by atoms with Crippen molar-refractivity contribution in [2.24, 2.45) is 39.5 Å². The highest BCUT2D eigenvalue weighted by Gasteiger charge is 2.47. The first-order chi connectivity index (χ1) is 16.8. The summed E-state index contributed by atoms with van der Waals surface area (Å²) in [5.41, 5.74) is 7.73. The number of fused-ring (bicyclic) bond motifs is 2. The average Bonchev–Trinajstić information content (AvgIpc) is 3.48. The topological polar surface area (TPSA) is 77.5 Å². The molecule has 1 saturated carbocycles. The van der Waals surface area contributed by atoms with Crippen molar-refractivity contribution >= 4 is 29.1 Å². The highest BCUT2D eigenvalue weighted by Crippen LogP contribution is 2.42. The summed E-state index contributed by atoms with van der Waals surface area (Å²) in [5, 5.41) is 7.09. The maximum atomic E-state index is 15.4. The van der Waals surface area contributed by atoms with E-state index in [4.69, 9.17) is 22.4 Å². The van der Waals surface area contributed by atoms with Crippen molar-refractivity contribution in [1.82, 2.24) is 14.8 Å². The van der Waals surface area contributed by atoms with Crippen LogP contribution in [0.25, 0.3) is 0 Å². The second kappa shape index (κ2) is 8.69. The molecular weight excluding hydrogens is 474 g/mol. The van der Waals surface area contributed by atoms with Crippen molar-refractivity contribution in [3.8, 4) is 0 Å². The van der Waals surface area contributed by atoms with Crippen molar-refractivity contribution in [1.29, 1.82) is 0 Å². The first kappa shape index (κ1) is 23.2. The number of amides is 1. The van der Waals surface area contributed by atoms with Gasteiger partial charge in [0.2, 0.25) is 5.91 Å². The predicted octanol–water partition coefficient (Wildman–Crippen LogP) is 3.15. The SMILES string of the molecule is CC1C(C2=CC3CC=C(Cl)N=C3N2CC2CC2)=NN2CC(C(=O)N3C[C@H](N)C[C@@H](F)C3)C=C(F)C12. The molecule has 6 rings (SSSR count). The van der Waals surface area contributed by atoms with Gasteiger partial charge in [-0.05, 0) is 49.8 Å². The molecule has 0 radical (unpaired) electrons. The minimum absolute atomic E-state index is 0.00987. The van der Waals surface area contributed by atoms with Gasteiger partial charge in [-0.2, -0.15) is 5.10 Å². The molecule has 0 aromatic rings. The maximum Gasteiger partial charge on any atom is 0.231 e. The number of hydrogen-bond donors (Lipinski definition) is 1. The van der Waals surface area contributed by atoms with Gasteiger partial charge in [0.1, 0.15) is 29.0 Å².